The Morgan fingerprint density at radius 3 is 2.07 bits per heavy atom. The van der Waals surface area contributed by atoms with E-state index in [1.54, 1.807) is 12.4 Å². The van der Waals surface area contributed by atoms with Crippen molar-refractivity contribution < 1.29 is 4.74 Å². The van der Waals surface area contributed by atoms with Gasteiger partial charge in [-0.05, 0) is 37.2 Å². The summed E-state index contributed by atoms with van der Waals surface area (Å²) in [5.74, 6) is 3.42. The first-order valence-corrected chi connectivity index (χ1v) is 12.3. The van der Waals surface area contributed by atoms with E-state index >= 15 is 0 Å². The Morgan fingerprint density at radius 2 is 1.43 bits per heavy atom. The van der Waals surface area contributed by atoms with Crippen molar-refractivity contribution in [1.82, 2.24) is 9.97 Å². The lowest BCUT2D eigenvalue weighted by Gasteiger charge is -2.28. The van der Waals surface area contributed by atoms with Crippen LogP contribution in [0.2, 0.25) is 0 Å². The van der Waals surface area contributed by atoms with Crippen LogP contribution in [0, 0.1) is 11.8 Å². The molecule has 0 amide bonds. The molecule has 1 aliphatic rings. The Hall–Kier alpha value is -1.90. The molecule has 1 aromatic carbocycles. The normalized spacial score (nSPS) is 19.0. The van der Waals surface area contributed by atoms with Crippen molar-refractivity contribution in [3.63, 3.8) is 0 Å². The van der Waals surface area contributed by atoms with Crippen molar-refractivity contribution in [2.45, 2.75) is 90.9 Å². The standard InChI is InChI=1S/C27H40N2O/c1-3-5-6-7-8-9-22-10-12-23(13-11-22)14-15-24-16-18-25(19-17-24)27-28-20-26(21-29-27)30-4-2/h16-23H,3-15H2,1-2H3/t22-,23-. The second-order valence-corrected chi connectivity index (χ2v) is 9.00. The lowest BCUT2D eigenvalue weighted by Crippen LogP contribution is -2.15. The van der Waals surface area contributed by atoms with E-state index in [1.807, 2.05) is 6.92 Å². The molecule has 0 spiro atoms. The summed E-state index contributed by atoms with van der Waals surface area (Å²) in [5.41, 5.74) is 2.50. The summed E-state index contributed by atoms with van der Waals surface area (Å²) in [5, 5.41) is 0. The number of ether oxygens (including phenoxy) is 1. The van der Waals surface area contributed by atoms with Crippen LogP contribution >= 0.6 is 0 Å². The lowest BCUT2D eigenvalue weighted by molar-refractivity contribution is 0.248. The largest absolute Gasteiger partial charge is 0.491 e. The summed E-state index contributed by atoms with van der Waals surface area (Å²) >= 11 is 0. The molecule has 3 rings (SSSR count). The van der Waals surface area contributed by atoms with Gasteiger partial charge in [-0.3, -0.25) is 0 Å². The number of aromatic nitrogens is 2. The number of hydrogen-bond acceptors (Lipinski definition) is 3. The molecule has 1 fully saturated rings. The highest BCUT2D eigenvalue weighted by molar-refractivity contribution is 5.55. The fourth-order valence-electron chi connectivity index (χ4n) is 4.74. The summed E-state index contributed by atoms with van der Waals surface area (Å²) in [7, 11) is 0. The molecule has 1 aromatic heterocycles. The molecule has 0 radical (unpaired) electrons. The fourth-order valence-corrected chi connectivity index (χ4v) is 4.74. The molecule has 3 heteroatoms. The molecule has 2 aromatic rings. The Morgan fingerprint density at radius 1 is 0.800 bits per heavy atom. The van der Waals surface area contributed by atoms with Gasteiger partial charge in [-0.25, -0.2) is 9.97 Å². The van der Waals surface area contributed by atoms with Crippen molar-refractivity contribution in [2.24, 2.45) is 11.8 Å². The third-order valence-electron chi connectivity index (χ3n) is 6.67. The predicted molar refractivity (Wildman–Crippen MR) is 126 cm³/mol. The van der Waals surface area contributed by atoms with Crippen LogP contribution in [0.25, 0.3) is 11.4 Å². The van der Waals surface area contributed by atoms with Crippen LogP contribution in [0.15, 0.2) is 36.7 Å². The zero-order valence-electron chi connectivity index (χ0n) is 19.1. The monoisotopic (exact) mass is 408 g/mol. The van der Waals surface area contributed by atoms with Gasteiger partial charge in [-0.15, -0.1) is 0 Å². The van der Waals surface area contributed by atoms with Crippen LogP contribution in [0.1, 0.15) is 90.0 Å². The third-order valence-corrected chi connectivity index (χ3v) is 6.67. The van der Waals surface area contributed by atoms with Crippen molar-refractivity contribution in [2.75, 3.05) is 6.61 Å². The maximum atomic E-state index is 5.42. The summed E-state index contributed by atoms with van der Waals surface area (Å²) in [6.07, 6.45) is 20.4. The number of hydrogen-bond donors (Lipinski definition) is 0. The highest BCUT2D eigenvalue weighted by Crippen LogP contribution is 2.34. The van der Waals surface area contributed by atoms with Gasteiger partial charge in [0.15, 0.2) is 11.6 Å². The van der Waals surface area contributed by atoms with Crippen molar-refractivity contribution >= 4 is 0 Å². The summed E-state index contributed by atoms with van der Waals surface area (Å²) in [4.78, 5) is 8.85. The van der Waals surface area contributed by atoms with Crippen molar-refractivity contribution in [1.29, 1.82) is 0 Å². The molecule has 0 bridgehead atoms. The Balaban J connectivity index is 1.36. The van der Waals surface area contributed by atoms with E-state index in [-0.39, 0.29) is 0 Å². The van der Waals surface area contributed by atoms with E-state index in [9.17, 15) is 0 Å². The second kappa shape index (κ2) is 12.7. The number of unbranched alkanes of at least 4 members (excludes halogenated alkanes) is 4. The molecule has 0 saturated heterocycles. The van der Waals surface area contributed by atoms with E-state index in [1.165, 1.54) is 82.6 Å². The Labute approximate surface area is 183 Å². The lowest BCUT2D eigenvalue weighted by atomic mass is 9.77. The van der Waals surface area contributed by atoms with E-state index in [0.717, 1.165) is 29.0 Å². The van der Waals surface area contributed by atoms with Crippen LogP contribution in [0.3, 0.4) is 0 Å². The SMILES string of the molecule is CCCCCCC[C@H]1CC[C@H](CCc2ccc(-c3ncc(OCC)cn3)cc2)CC1. The van der Waals surface area contributed by atoms with Crippen LogP contribution in [-0.2, 0) is 6.42 Å². The first-order chi connectivity index (χ1) is 14.8. The average molecular weight is 409 g/mol. The van der Waals surface area contributed by atoms with Crippen molar-refractivity contribution in [3.8, 4) is 17.1 Å². The molecule has 0 N–H and O–H groups in total. The van der Waals surface area contributed by atoms with Crippen LogP contribution in [0.4, 0.5) is 0 Å². The first-order valence-electron chi connectivity index (χ1n) is 12.3. The number of aryl methyl sites for hydroxylation is 1. The fraction of sp³-hybridized carbons (Fsp3) is 0.630. The van der Waals surface area contributed by atoms with Gasteiger partial charge in [0.2, 0.25) is 0 Å². The Kier molecular flexibility index (Phi) is 9.66. The molecular formula is C27H40N2O. The topological polar surface area (TPSA) is 35.0 Å². The van der Waals surface area contributed by atoms with Gasteiger partial charge < -0.3 is 4.74 Å². The summed E-state index contributed by atoms with van der Waals surface area (Å²) in [6.45, 7) is 4.90. The molecule has 30 heavy (non-hydrogen) atoms. The quantitative estimate of drug-likeness (QED) is 0.338. The number of nitrogens with zero attached hydrogens (tertiary/aromatic N) is 2. The minimum Gasteiger partial charge on any atom is -0.491 e. The molecule has 0 unspecified atom stereocenters. The van der Waals surface area contributed by atoms with Crippen LogP contribution in [-0.4, -0.2) is 16.6 Å². The first kappa shape index (κ1) is 22.8. The molecule has 164 valence electrons. The number of rotatable bonds is 12. The second-order valence-electron chi connectivity index (χ2n) is 9.00. The maximum absolute atomic E-state index is 5.42. The van der Waals surface area contributed by atoms with Gasteiger partial charge in [0.1, 0.15) is 0 Å². The van der Waals surface area contributed by atoms with E-state index < -0.39 is 0 Å². The highest BCUT2D eigenvalue weighted by Gasteiger charge is 2.20. The van der Waals surface area contributed by atoms with Gasteiger partial charge in [0.05, 0.1) is 19.0 Å². The molecule has 0 atom stereocenters. The smallest absolute Gasteiger partial charge is 0.159 e. The van der Waals surface area contributed by atoms with Crippen molar-refractivity contribution in [3.05, 3.63) is 42.2 Å². The van der Waals surface area contributed by atoms with Gasteiger partial charge in [-0.1, -0.05) is 95.4 Å². The van der Waals surface area contributed by atoms with Gasteiger partial charge >= 0.3 is 0 Å². The minimum absolute atomic E-state index is 0.637. The molecule has 0 aliphatic heterocycles. The molecular weight excluding hydrogens is 368 g/mol. The van der Waals surface area contributed by atoms with E-state index in [0.29, 0.717) is 6.61 Å². The average Bonchev–Trinajstić information content (AvgIpc) is 2.79. The zero-order valence-corrected chi connectivity index (χ0v) is 19.1. The van der Waals surface area contributed by atoms with E-state index in [2.05, 4.69) is 41.2 Å². The van der Waals surface area contributed by atoms with Crippen LogP contribution < -0.4 is 4.74 Å². The third kappa shape index (κ3) is 7.41. The van der Waals surface area contributed by atoms with Gasteiger partial charge in [0.25, 0.3) is 0 Å². The molecule has 3 nitrogen and oxygen atoms in total. The van der Waals surface area contributed by atoms with Gasteiger partial charge in [-0.2, -0.15) is 0 Å². The maximum Gasteiger partial charge on any atom is 0.159 e. The van der Waals surface area contributed by atoms with Crippen LogP contribution in [0.5, 0.6) is 5.75 Å². The van der Waals surface area contributed by atoms with E-state index in [4.69, 9.17) is 4.74 Å². The molecule has 1 saturated carbocycles. The summed E-state index contributed by atoms with van der Waals surface area (Å²) < 4.78 is 5.42. The zero-order chi connectivity index (χ0) is 21.0. The summed E-state index contributed by atoms with van der Waals surface area (Å²) in [6, 6.07) is 8.80. The highest BCUT2D eigenvalue weighted by atomic mass is 16.5. The number of benzene rings is 1. The molecule has 1 aliphatic carbocycles. The van der Waals surface area contributed by atoms with Gasteiger partial charge in [0, 0.05) is 5.56 Å². The Bertz CT molecular complexity index is 703. The minimum atomic E-state index is 0.637. The molecule has 1 heterocycles. The predicted octanol–water partition coefficient (Wildman–Crippen LogP) is 7.64.